The highest BCUT2D eigenvalue weighted by molar-refractivity contribution is 5.73. The Balaban J connectivity index is 2.43. The lowest BCUT2D eigenvalue weighted by atomic mass is 10.0. The Hall–Kier alpha value is -2.38. The summed E-state index contributed by atoms with van der Waals surface area (Å²) in [6.45, 7) is 0. The molecule has 2 nitrogen and oxygen atoms in total. The van der Waals surface area contributed by atoms with Crippen molar-refractivity contribution in [2.24, 2.45) is 0 Å². The molecular formula is C15H10F6O2. The molecule has 2 rings (SSSR count). The Labute approximate surface area is 127 Å². The minimum Gasteiger partial charge on any atom is -0.495 e. The van der Waals surface area contributed by atoms with Gasteiger partial charge >= 0.3 is 12.5 Å². The Morgan fingerprint density at radius 1 is 0.826 bits per heavy atom. The molecular weight excluding hydrogens is 326 g/mol. The second kappa shape index (κ2) is 6.02. The van der Waals surface area contributed by atoms with Gasteiger partial charge in [0.25, 0.3) is 0 Å². The molecule has 0 amide bonds. The van der Waals surface area contributed by atoms with E-state index in [4.69, 9.17) is 4.74 Å². The Morgan fingerprint density at radius 3 is 1.91 bits per heavy atom. The van der Waals surface area contributed by atoms with Gasteiger partial charge < -0.3 is 9.47 Å². The monoisotopic (exact) mass is 336 g/mol. The van der Waals surface area contributed by atoms with Crippen LogP contribution in [0.4, 0.5) is 26.3 Å². The smallest absolute Gasteiger partial charge is 0.495 e. The number of rotatable bonds is 3. The summed E-state index contributed by atoms with van der Waals surface area (Å²) in [4.78, 5) is 0. The van der Waals surface area contributed by atoms with E-state index < -0.39 is 29.6 Å². The van der Waals surface area contributed by atoms with E-state index >= 15 is 0 Å². The zero-order valence-electron chi connectivity index (χ0n) is 11.6. The molecule has 0 radical (unpaired) electrons. The second-order valence-corrected chi connectivity index (χ2v) is 4.46. The SMILES string of the molecule is COc1c(-c2ccc(OC(F)(F)F)cc2)cccc1C(F)(F)F. The van der Waals surface area contributed by atoms with Crippen LogP contribution in [0.25, 0.3) is 11.1 Å². The average Bonchev–Trinajstić information content (AvgIpc) is 2.44. The number of benzene rings is 2. The number of ether oxygens (including phenoxy) is 2. The van der Waals surface area contributed by atoms with E-state index in [0.717, 1.165) is 25.3 Å². The van der Waals surface area contributed by atoms with Gasteiger partial charge in [-0.3, -0.25) is 0 Å². The first kappa shape index (κ1) is 17.0. The van der Waals surface area contributed by atoms with Crippen LogP contribution in [-0.4, -0.2) is 13.5 Å². The van der Waals surface area contributed by atoms with Crippen LogP contribution >= 0.6 is 0 Å². The van der Waals surface area contributed by atoms with E-state index in [1.54, 1.807) is 0 Å². The molecule has 2 aromatic carbocycles. The minimum atomic E-state index is -4.84. The fraction of sp³-hybridized carbons (Fsp3) is 0.200. The highest BCUT2D eigenvalue weighted by atomic mass is 19.4. The van der Waals surface area contributed by atoms with E-state index in [-0.39, 0.29) is 11.1 Å². The van der Waals surface area contributed by atoms with Crippen LogP contribution in [0.1, 0.15) is 5.56 Å². The normalized spacial score (nSPS) is 12.1. The maximum absolute atomic E-state index is 13.0. The van der Waals surface area contributed by atoms with Crippen molar-refractivity contribution in [1.82, 2.24) is 0 Å². The third kappa shape index (κ3) is 4.08. The lowest BCUT2D eigenvalue weighted by molar-refractivity contribution is -0.274. The number of hydrogen-bond donors (Lipinski definition) is 0. The Morgan fingerprint density at radius 2 is 1.43 bits per heavy atom. The van der Waals surface area contributed by atoms with Crippen LogP contribution in [0.3, 0.4) is 0 Å². The zero-order valence-corrected chi connectivity index (χ0v) is 11.6. The van der Waals surface area contributed by atoms with Crippen molar-refractivity contribution in [2.45, 2.75) is 12.5 Å². The average molecular weight is 336 g/mol. The largest absolute Gasteiger partial charge is 0.573 e. The van der Waals surface area contributed by atoms with Crippen molar-refractivity contribution in [3.8, 4) is 22.6 Å². The van der Waals surface area contributed by atoms with Crippen LogP contribution < -0.4 is 9.47 Å². The minimum absolute atomic E-state index is 0.112. The van der Waals surface area contributed by atoms with Gasteiger partial charge in [0.05, 0.1) is 12.7 Å². The summed E-state index contributed by atoms with van der Waals surface area (Å²) < 4.78 is 83.7. The standard InChI is InChI=1S/C15H10F6O2/c1-22-13-11(3-2-4-12(13)14(16,17)18)9-5-7-10(8-6-9)23-15(19,20)21/h2-8H,1H3. The summed E-state index contributed by atoms with van der Waals surface area (Å²) in [5.41, 5.74) is -0.587. The molecule has 23 heavy (non-hydrogen) atoms. The quantitative estimate of drug-likeness (QED) is 0.710. The van der Waals surface area contributed by atoms with Crippen LogP contribution in [0.2, 0.25) is 0 Å². The van der Waals surface area contributed by atoms with E-state index in [2.05, 4.69) is 4.74 Å². The van der Waals surface area contributed by atoms with Gasteiger partial charge in [0.2, 0.25) is 0 Å². The molecule has 124 valence electrons. The molecule has 0 saturated carbocycles. The zero-order chi connectivity index (χ0) is 17.3. The molecule has 2 aromatic rings. The molecule has 0 saturated heterocycles. The molecule has 0 bridgehead atoms. The third-order valence-electron chi connectivity index (χ3n) is 2.92. The fourth-order valence-electron chi connectivity index (χ4n) is 2.04. The summed E-state index contributed by atoms with van der Waals surface area (Å²) in [5.74, 6) is -0.864. The molecule has 0 N–H and O–H groups in total. The van der Waals surface area contributed by atoms with Crippen LogP contribution in [0, 0.1) is 0 Å². The lowest BCUT2D eigenvalue weighted by Gasteiger charge is -2.16. The van der Waals surface area contributed by atoms with Crippen molar-refractivity contribution in [3.05, 3.63) is 48.0 Å². The van der Waals surface area contributed by atoms with Gasteiger partial charge in [0, 0.05) is 5.56 Å². The lowest BCUT2D eigenvalue weighted by Crippen LogP contribution is -2.16. The summed E-state index contributed by atoms with van der Waals surface area (Å²) in [6, 6.07) is 7.92. The maximum atomic E-state index is 13.0. The fourth-order valence-corrected chi connectivity index (χ4v) is 2.04. The second-order valence-electron chi connectivity index (χ2n) is 4.46. The predicted molar refractivity (Wildman–Crippen MR) is 70.1 cm³/mol. The maximum Gasteiger partial charge on any atom is 0.573 e. The molecule has 0 spiro atoms. The molecule has 0 heterocycles. The number of hydrogen-bond acceptors (Lipinski definition) is 2. The molecule has 0 aliphatic heterocycles. The highest BCUT2D eigenvalue weighted by Crippen LogP contribution is 2.42. The van der Waals surface area contributed by atoms with Crippen molar-refractivity contribution in [1.29, 1.82) is 0 Å². The van der Waals surface area contributed by atoms with Crippen molar-refractivity contribution < 1.29 is 35.8 Å². The molecule has 0 atom stereocenters. The van der Waals surface area contributed by atoms with Gasteiger partial charge in [0.1, 0.15) is 11.5 Å². The first-order valence-corrected chi connectivity index (χ1v) is 6.22. The van der Waals surface area contributed by atoms with Gasteiger partial charge in [-0.15, -0.1) is 13.2 Å². The molecule has 0 aliphatic carbocycles. The molecule has 0 aliphatic rings. The molecule has 0 aromatic heterocycles. The van der Waals surface area contributed by atoms with E-state index in [0.29, 0.717) is 0 Å². The van der Waals surface area contributed by atoms with E-state index in [1.165, 1.54) is 24.3 Å². The predicted octanol–water partition coefficient (Wildman–Crippen LogP) is 5.28. The summed E-state index contributed by atoms with van der Waals surface area (Å²) in [5, 5.41) is 0. The van der Waals surface area contributed by atoms with E-state index in [1.807, 2.05) is 0 Å². The van der Waals surface area contributed by atoms with Crippen LogP contribution in [-0.2, 0) is 6.18 Å². The number of alkyl halides is 6. The van der Waals surface area contributed by atoms with Gasteiger partial charge in [-0.1, -0.05) is 24.3 Å². The molecule has 0 fully saturated rings. The van der Waals surface area contributed by atoms with Crippen molar-refractivity contribution >= 4 is 0 Å². The van der Waals surface area contributed by atoms with Gasteiger partial charge in [-0.2, -0.15) is 13.2 Å². The van der Waals surface area contributed by atoms with Gasteiger partial charge in [-0.05, 0) is 23.8 Å². The summed E-state index contributed by atoms with van der Waals surface area (Å²) >= 11 is 0. The Bertz CT molecular complexity index is 674. The van der Waals surface area contributed by atoms with E-state index in [9.17, 15) is 26.3 Å². The number of para-hydroxylation sites is 1. The highest BCUT2D eigenvalue weighted by Gasteiger charge is 2.35. The first-order valence-electron chi connectivity index (χ1n) is 6.22. The van der Waals surface area contributed by atoms with Crippen molar-refractivity contribution in [3.63, 3.8) is 0 Å². The summed E-state index contributed by atoms with van der Waals surface area (Å²) in [7, 11) is 1.09. The van der Waals surface area contributed by atoms with Gasteiger partial charge in [0.15, 0.2) is 0 Å². The number of methoxy groups -OCH3 is 1. The van der Waals surface area contributed by atoms with Gasteiger partial charge in [-0.25, -0.2) is 0 Å². The van der Waals surface area contributed by atoms with Crippen LogP contribution in [0.15, 0.2) is 42.5 Å². The van der Waals surface area contributed by atoms with Crippen molar-refractivity contribution in [2.75, 3.05) is 7.11 Å². The first-order chi connectivity index (χ1) is 10.6. The summed E-state index contributed by atoms with van der Waals surface area (Å²) in [6.07, 6.45) is -9.45. The van der Waals surface area contributed by atoms with Crippen LogP contribution in [0.5, 0.6) is 11.5 Å². The molecule has 8 heteroatoms. The molecule has 0 unspecified atom stereocenters. The topological polar surface area (TPSA) is 18.5 Å². The number of halogens is 6. The Kier molecular flexibility index (Phi) is 4.44. The third-order valence-corrected chi connectivity index (χ3v) is 2.92.